The normalized spacial score (nSPS) is 14.0. The monoisotopic (exact) mass is 453 g/mol. The summed E-state index contributed by atoms with van der Waals surface area (Å²) in [6.45, 7) is 14.2. The van der Waals surface area contributed by atoms with Gasteiger partial charge >= 0.3 is 0 Å². The van der Waals surface area contributed by atoms with Crippen LogP contribution < -0.4 is 10.6 Å². The van der Waals surface area contributed by atoms with Crippen LogP contribution in [0, 0.1) is 11.8 Å². The van der Waals surface area contributed by atoms with E-state index in [-0.39, 0.29) is 28.3 Å². The van der Waals surface area contributed by atoms with Crippen LogP contribution in [-0.4, -0.2) is 49.7 Å². The standard InChI is InChI=1S/C23H39N3O4S/c1-8-26(9-2)31(29,30)20-12-10-11-19(15-20)22(27)25-21(17(5)6)23(28)24-18(7)14-13-16(3)4/h10-12,15-18,21H,8-9,13-14H2,1-7H3,(H,24,28)(H,25,27)/t18?,21-/m0/s1. The van der Waals surface area contributed by atoms with Crippen molar-refractivity contribution in [1.82, 2.24) is 14.9 Å². The molecule has 0 aliphatic heterocycles. The van der Waals surface area contributed by atoms with E-state index < -0.39 is 22.0 Å². The smallest absolute Gasteiger partial charge is 0.251 e. The summed E-state index contributed by atoms with van der Waals surface area (Å²) in [6, 6.07) is 5.24. The van der Waals surface area contributed by atoms with Crippen LogP contribution in [0.1, 0.15) is 71.7 Å². The minimum Gasteiger partial charge on any atom is -0.352 e. The summed E-state index contributed by atoms with van der Waals surface area (Å²) in [6.07, 6.45) is 1.88. The van der Waals surface area contributed by atoms with Gasteiger partial charge < -0.3 is 10.6 Å². The maximum Gasteiger partial charge on any atom is 0.251 e. The molecule has 0 fully saturated rings. The topological polar surface area (TPSA) is 95.6 Å². The Morgan fingerprint density at radius 2 is 1.58 bits per heavy atom. The van der Waals surface area contributed by atoms with E-state index in [4.69, 9.17) is 0 Å². The molecule has 0 radical (unpaired) electrons. The Balaban J connectivity index is 2.97. The first kappa shape index (κ1) is 27.1. The Bertz CT molecular complexity index is 833. The van der Waals surface area contributed by atoms with Crippen LogP contribution in [0.3, 0.4) is 0 Å². The third kappa shape index (κ3) is 7.92. The van der Waals surface area contributed by atoms with Gasteiger partial charge in [-0.05, 0) is 49.8 Å². The number of hydrogen-bond donors (Lipinski definition) is 2. The molecule has 1 aromatic rings. The van der Waals surface area contributed by atoms with Crippen molar-refractivity contribution in [3.05, 3.63) is 29.8 Å². The first-order valence-corrected chi connectivity index (χ1v) is 12.6. The molecule has 0 aliphatic rings. The van der Waals surface area contributed by atoms with E-state index in [0.717, 1.165) is 12.8 Å². The zero-order valence-electron chi connectivity index (χ0n) is 19.9. The second kappa shape index (κ2) is 12.2. The van der Waals surface area contributed by atoms with Crippen LogP contribution in [0.5, 0.6) is 0 Å². The van der Waals surface area contributed by atoms with E-state index >= 15 is 0 Å². The van der Waals surface area contributed by atoms with Crippen LogP contribution in [0.15, 0.2) is 29.2 Å². The van der Waals surface area contributed by atoms with Crippen molar-refractivity contribution in [3.8, 4) is 0 Å². The van der Waals surface area contributed by atoms with Crippen molar-refractivity contribution >= 4 is 21.8 Å². The van der Waals surface area contributed by atoms with Gasteiger partial charge in [-0.3, -0.25) is 9.59 Å². The molecular weight excluding hydrogens is 414 g/mol. The highest BCUT2D eigenvalue weighted by Gasteiger charge is 2.27. The average Bonchev–Trinajstić information content (AvgIpc) is 2.70. The van der Waals surface area contributed by atoms with Gasteiger partial charge in [0.05, 0.1) is 4.90 Å². The number of benzene rings is 1. The van der Waals surface area contributed by atoms with Crippen LogP contribution in [0.2, 0.25) is 0 Å². The van der Waals surface area contributed by atoms with Gasteiger partial charge in [0, 0.05) is 24.7 Å². The number of carbonyl (C=O) groups excluding carboxylic acids is 2. The molecule has 1 rings (SSSR count). The Hall–Kier alpha value is -1.93. The summed E-state index contributed by atoms with van der Waals surface area (Å²) >= 11 is 0. The lowest BCUT2D eigenvalue weighted by Gasteiger charge is -2.24. The molecule has 1 unspecified atom stereocenters. The zero-order chi connectivity index (χ0) is 23.8. The Morgan fingerprint density at radius 1 is 0.968 bits per heavy atom. The first-order valence-electron chi connectivity index (χ1n) is 11.1. The average molecular weight is 454 g/mol. The van der Waals surface area contributed by atoms with Crippen molar-refractivity contribution in [1.29, 1.82) is 0 Å². The van der Waals surface area contributed by atoms with Gasteiger partial charge in [-0.25, -0.2) is 8.42 Å². The minimum atomic E-state index is -3.67. The molecule has 0 bridgehead atoms. The fraction of sp³-hybridized carbons (Fsp3) is 0.652. The highest BCUT2D eigenvalue weighted by atomic mass is 32.2. The molecule has 1 aromatic carbocycles. The minimum absolute atomic E-state index is 0.00981. The lowest BCUT2D eigenvalue weighted by Crippen LogP contribution is -2.51. The fourth-order valence-corrected chi connectivity index (χ4v) is 4.76. The summed E-state index contributed by atoms with van der Waals surface area (Å²) in [5.41, 5.74) is 0.208. The molecule has 0 spiro atoms. The fourth-order valence-electron chi connectivity index (χ4n) is 3.26. The highest BCUT2D eigenvalue weighted by molar-refractivity contribution is 7.89. The van der Waals surface area contributed by atoms with Crippen LogP contribution in [0.4, 0.5) is 0 Å². The summed E-state index contributed by atoms with van der Waals surface area (Å²) in [4.78, 5) is 25.7. The Labute approximate surface area is 188 Å². The summed E-state index contributed by atoms with van der Waals surface area (Å²) < 4.78 is 26.9. The summed E-state index contributed by atoms with van der Waals surface area (Å²) in [7, 11) is -3.67. The Morgan fingerprint density at radius 3 is 2.10 bits per heavy atom. The van der Waals surface area contributed by atoms with Crippen molar-refractivity contribution in [2.45, 2.75) is 78.3 Å². The third-order valence-electron chi connectivity index (χ3n) is 5.24. The van der Waals surface area contributed by atoms with Crippen molar-refractivity contribution in [2.24, 2.45) is 11.8 Å². The van der Waals surface area contributed by atoms with Crippen LogP contribution in [0.25, 0.3) is 0 Å². The molecule has 8 heteroatoms. The van der Waals surface area contributed by atoms with Gasteiger partial charge in [-0.2, -0.15) is 4.31 Å². The largest absolute Gasteiger partial charge is 0.352 e. The number of amides is 2. The van der Waals surface area contributed by atoms with E-state index in [1.165, 1.54) is 16.4 Å². The lowest BCUT2D eigenvalue weighted by atomic mass is 10.0. The predicted octanol–water partition coefficient (Wildman–Crippen LogP) is 3.41. The van der Waals surface area contributed by atoms with Crippen molar-refractivity contribution in [3.63, 3.8) is 0 Å². The van der Waals surface area contributed by atoms with Gasteiger partial charge in [-0.1, -0.05) is 47.6 Å². The van der Waals surface area contributed by atoms with E-state index in [1.54, 1.807) is 26.0 Å². The molecule has 2 amide bonds. The van der Waals surface area contributed by atoms with Gasteiger partial charge in [-0.15, -0.1) is 0 Å². The molecular formula is C23H39N3O4S. The molecule has 0 aromatic heterocycles. The zero-order valence-corrected chi connectivity index (χ0v) is 20.8. The molecule has 0 saturated carbocycles. The van der Waals surface area contributed by atoms with Crippen molar-refractivity contribution < 1.29 is 18.0 Å². The number of carbonyl (C=O) groups is 2. The van der Waals surface area contributed by atoms with E-state index in [0.29, 0.717) is 19.0 Å². The second-order valence-electron chi connectivity index (χ2n) is 8.69. The van der Waals surface area contributed by atoms with Gasteiger partial charge in [0.1, 0.15) is 6.04 Å². The SMILES string of the molecule is CCN(CC)S(=O)(=O)c1cccc(C(=O)N[C@H](C(=O)NC(C)CCC(C)C)C(C)C)c1. The van der Waals surface area contributed by atoms with Crippen LogP contribution in [-0.2, 0) is 14.8 Å². The summed E-state index contributed by atoms with van der Waals surface area (Å²) in [5.74, 6) is -0.268. The maximum atomic E-state index is 12.9. The predicted molar refractivity (Wildman–Crippen MR) is 124 cm³/mol. The van der Waals surface area contributed by atoms with E-state index in [2.05, 4.69) is 24.5 Å². The highest BCUT2D eigenvalue weighted by Crippen LogP contribution is 2.17. The molecule has 2 N–H and O–H groups in total. The molecule has 0 aliphatic carbocycles. The quantitative estimate of drug-likeness (QED) is 0.507. The molecule has 2 atom stereocenters. The summed E-state index contributed by atoms with van der Waals surface area (Å²) in [5, 5.41) is 5.76. The number of nitrogens with zero attached hydrogens (tertiary/aromatic N) is 1. The number of rotatable bonds is 12. The first-order chi connectivity index (χ1) is 14.4. The molecule has 0 saturated heterocycles. The van der Waals surface area contributed by atoms with Crippen molar-refractivity contribution in [2.75, 3.05) is 13.1 Å². The second-order valence-corrected chi connectivity index (χ2v) is 10.6. The molecule has 31 heavy (non-hydrogen) atoms. The van der Waals surface area contributed by atoms with Gasteiger partial charge in [0.2, 0.25) is 15.9 Å². The number of nitrogens with one attached hydrogen (secondary N) is 2. The molecule has 7 nitrogen and oxygen atoms in total. The van der Waals surface area contributed by atoms with Gasteiger partial charge in [0.25, 0.3) is 5.91 Å². The molecule has 0 heterocycles. The van der Waals surface area contributed by atoms with Crippen LogP contribution >= 0.6 is 0 Å². The number of hydrogen-bond acceptors (Lipinski definition) is 4. The van der Waals surface area contributed by atoms with E-state index in [9.17, 15) is 18.0 Å². The maximum absolute atomic E-state index is 12.9. The van der Waals surface area contributed by atoms with E-state index in [1.807, 2.05) is 20.8 Å². The Kier molecular flexibility index (Phi) is 10.7. The lowest BCUT2D eigenvalue weighted by molar-refractivity contribution is -0.124. The van der Waals surface area contributed by atoms with Gasteiger partial charge in [0.15, 0.2) is 0 Å². The molecule has 176 valence electrons. The number of sulfonamides is 1. The third-order valence-corrected chi connectivity index (χ3v) is 7.29.